The van der Waals surface area contributed by atoms with Crippen LogP contribution in [0, 0.1) is 0 Å². The quantitative estimate of drug-likeness (QED) is 0.321. The van der Waals surface area contributed by atoms with Gasteiger partial charge in [-0.05, 0) is 43.2 Å². The summed E-state index contributed by atoms with van der Waals surface area (Å²) in [5.74, 6) is 0.938. The van der Waals surface area contributed by atoms with E-state index in [9.17, 15) is 9.59 Å². The van der Waals surface area contributed by atoms with Crippen molar-refractivity contribution in [3.63, 3.8) is 0 Å². The van der Waals surface area contributed by atoms with Crippen LogP contribution in [0.15, 0.2) is 61.4 Å². The van der Waals surface area contributed by atoms with Gasteiger partial charge in [0, 0.05) is 38.1 Å². The number of fused-ring (bicyclic) bond motifs is 1. The van der Waals surface area contributed by atoms with Gasteiger partial charge in [-0.1, -0.05) is 12.6 Å². The fraction of sp³-hybridized carbons (Fsp3) is 0.269. The molecular weight excluding hydrogens is 476 g/mol. The van der Waals surface area contributed by atoms with Gasteiger partial charge in [0.25, 0.3) is 0 Å². The molecule has 1 aliphatic heterocycles. The standard InChI is InChI=1S/C26H26N6O5.H2/c1-3-22(33)29-18-5-4-6-20(13-18)32-24-17(16-31(26(32)34)19-7-8-19)14-28-25(30-24)37-21-9-10-23(27-15-21)36-12-11-35-2;/h3-6,9-10,13-15,19H,1,7-8,11-12,16H2,2H3,(H,29,33);1H. The zero-order valence-electron chi connectivity index (χ0n) is 20.3. The summed E-state index contributed by atoms with van der Waals surface area (Å²) in [5, 5.41) is 2.73. The number of anilines is 3. The monoisotopic (exact) mass is 504 g/mol. The molecular formula is C26H28N6O5. The molecule has 3 heterocycles. The predicted molar refractivity (Wildman–Crippen MR) is 137 cm³/mol. The number of benzene rings is 1. The molecule has 0 unspecified atom stereocenters. The first-order chi connectivity index (χ1) is 18.1. The summed E-state index contributed by atoms with van der Waals surface area (Å²) in [7, 11) is 1.60. The zero-order valence-corrected chi connectivity index (χ0v) is 20.3. The minimum atomic E-state index is -0.344. The number of rotatable bonds is 10. The van der Waals surface area contributed by atoms with Crippen molar-refractivity contribution in [2.24, 2.45) is 0 Å². The van der Waals surface area contributed by atoms with Crippen LogP contribution in [-0.2, 0) is 16.1 Å². The van der Waals surface area contributed by atoms with Gasteiger partial charge in [0.2, 0.25) is 11.8 Å². The van der Waals surface area contributed by atoms with E-state index in [0.29, 0.717) is 48.6 Å². The van der Waals surface area contributed by atoms with Crippen molar-refractivity contribution in [3.05, 3.63) is 67.0 Å². The SMILES string of the molecule is C=CC(=O)Nc1cccc(N2C(=O)N(C3CC3)Cc3cnc(Oc4ccc(OCCOC)nc4)nc32)c1.[HH]. The normalized spacial score (nSPS) is 14.7. The number of nitrogens with zero attached hydrogens (tertiary/aromatic N) is 5. The van der Waals surface area contributed by atoms with Crippen LogP contribution in [0.3, 0.4) is 0 Å². The maximum absolute atomic E-state index is 13.6. The second-order valence-corrected chi connectivity index (χ2v) is 8.50. The fourth-order valence-electron chi connectivity index (χ4n) is 3.87. The second kappa shape index (κ2) is 10.6. The molecule has 3 amide bonds. The van der Waals surface area contributed by atoms with E-state index in [2.05, 4.69) is 26.8 Å². The first-order valence-corrected chi connectivity index (χ1v) is 11.8. The molecule has 0 atom stereocenters. The van der Waals surface area contributed by atoms with Crippen molar-refractivity contribution in [2.45, 2.75) is 25.4 Å². The highest BCUT2D eigenvalue weighted by Crippen LogP contribution is 2.40. The third-order valence-corrected chi connectivity index (χ3v) is 5.81. The van der Waals surface area contributed by atoms with Crippen molar-refractivity contribution in [1.29, 1.82) is 0 Å². The summed E-state index contributed by atoms with van der Waals surface area (Å²) < 4.78 is 16.3. The van der Waals surface area contributed by atoms with E-state index < -0.39 is 0 Å². The molecule has 11 heteroatoms. The summed E-state index contributed by atoms with van der Waals surface area (Å²) in [5.41, 5.74) is 1.88. The van der Waals surface area contributed by atoms with Crippen molar-refractivity contribution < 1.29 is 25.2 Å². The van der Waals surface area contributed by atoms with E-state index in [4.69, 9.17) is 14.2 Å². The van der Waals surface area contributed by atoms with Crippen molar-refractivity contribution >= 4 is 29.1 Å². The number of urea groups is 1. The van der Waals surface area contributed by atoms with Crippen LogP contribution in [0.2, 0.25) is 0 Å². The lowest BCUT2D eigenvalue weighted by Crippen LogP contribution is -2.46. The third kappa shape index (κ3) is 5.51. The molecule has 5 rings (SSSR count). The number of ether oxygens (including phenoxy) is 3. The van der Waals surface area contributed by atoms with Crippen LogP contribution < -0.4 is 19.7 Å². The molecule has 37 heavy (non-hydrogen) atoms. The molecule has 1 fully saturated rings. The highest BCUT2D eigenvalue weighted by atomic mass is 16.5. The smallest absolute Gasteiger partial charge is 0.330 e. The molecule has 0 saturated heterocycles. The Kier molecular flexibility index (Phi) is 6.95. The molecule has 2 aliphatic rings. The van der Waals surface area contributed by atoms with Gasteiger partial charge in [0.15, 0.2) is 5.82 Å². The van der Waals surface area contributed by atoms with Gasteiger partial charge >= 0.3 is 12.0 Å². The molecule has 3 aromatic rings. The van der Waals surface area contributed by atoms with Gasteiger partial charge in [-0.25, -0.2) is 19.7 Å². The largest absolute Gasteiger partial charge is 0.475 e. The predicted octanol–water partition coefficient (Wildman–Crippen LogP) is 4.30. The minimum absolute atomic E-state index is 0. The number of methoxy groups -OCH3 is 1. The van der Waals surface area contributed by atoms with E-state index >= 15 is 0 Å². The highest BCUT2D eigenvalue weighted by molar-refractivity contribution is 6.03. The van der Waals surface area contributed by atoms with Crippen LogP contribution in [0.1, 0.15) is 19.8 Å². The Labute approximate surface area is 215 Å². The van der Waals surface area contributed by atoms with Gasteiger partial charge < -0.3 is 24.4 Å². The van der Waals surface area contributed by atoms with Gasteiger partial charge in [0.05, 0.1) is 25.0 Å². The molecule has 1 N–H and O–H groups in total. The second-order valence-electron chi connectivity index (χ2n) is 8.50. The van der Waals surface area contributed by atoms with E-state index in [-0.39, 0.29) is 25.4 Å². The van der Waals surface area contributed by atoms with Crippen LogP contribution >= 0.6 is 0 Å². The fourth-order valence-corrected chi connectivity index (χ4v) is 3.87. The summed E-state index contributed by atoms with van der Waals surface area (Å²) in [4.78, 5) is 41.9. The molecule has 192 valence electrons. The van der Waals surface area contributed by atoms with Crippen LogP contribution in [-0.4, -0.2) is 58.2 Å². The Morgan fingerprint density at radius 2 is 2.08 bits per heavy atom. The lowest BCUT2D eigenvalue weighted by molar-refractivity contribution is -0.111. The van der Waals surface area contributed by atoms with E-state index in [1.807, 2.05) is 4.90 Å². The molecule has 1 saturated carbocycles. The summed E-state index contributed by atoms with van der Waals surface area (Å²) in [6.45, 7) is 4.74. The molecule has 1 aliphatic carbocycles. The summed E-state index contributed by atoms with van der Waals surface area (Å²) in [6, 6.07) is 10.5. The number of carbonyl (C=O) groups is 2. The molecule has 0 bridgehead atoms. The van der Waals surface area contributed by atoms with Gasteiger partial charge in [-0.2, -0.15) is 4.98 Å². The van der Waals surface area contributed by atoms with Crippen LogP contribution in [0.4, 0.5) is 22.0 Å². The van der Waals surface area contributed by atoms with E-state index in [1.54, 1.807) is 49.7 Å². The van der Waals surface area contributed by atoms with Gasteiger partial charge in [-0.3, -0.25) is 4.79 Å². The maximum Gasteiger partial charge on any atom is 0.330 e. The lowest BCUT2D eigenvalue weighted by atomic mass is 10.1. The number of hydrogen-bond acceptors (Lipinski definition) is 8. The van der Waals surface area contributed by atoms with E-state index in [0.717, 1.165) is 18.4 Å². The number of carbonyl (C=O) groups excluding carboxylic acids is 2. The Hall–Kier alpha value is -4.51. The highest BCUT2D eigenvalue weighted by Gasteiger charge is 2.41. The van der Waals surface area contributed by atoms with Crippen LogP contribution in [0.5, 0.6) is 17.6 Å². The Morgan fingerprint density at radius 3 is 2.81 bits per heavy atom. The number of amides is 3. The molecule has 1 aromatic carbocycles. The summed E-state index contributed by atoms with van der Waals surface area (Å²) >= 11 is 0. The minimum Gasteiger partial charge on any atom is -0.475 e. The van der Waals surface area contributed by atoms with Gasteiger partial charge in [0.1, 0.15) is 12.4 Å². The number of pyridine rings is 1. The summed E-state index contributed by atoms with van der Waals surface area (Å²) in [6.07, 6.45) is 6.29. The van der Waals surface area contributed by atoms with Crippen molar-refractivity contribution in [2.75, 3.05) is 30.5 Å². The molecule has 11 nitrogen and oxygen atoms in total. The Bertz CT molecular complexity index is 1320. The topological polar surface area (TPSA) is 119 Å². The molecule has 2 aromatic heterocycles. The Morgan fingerprint density at radius 1 is 1.22 bits per heavy atom. The zero-order chi connectivity index (χ0) is 25.8. The maximum atomic E-state index is 13.6. The first-order valence-electron chi connectivity index (χ1n) is 11.8. The average molecular weight is 505 g/mol. The molecule has 0 radical (unpaired) electrons. The number of aromatic nitrogens is 3. The molecule has 0 spiro atoms. The first kappa shape index (κ1) is 24.2. The average Bonchev–Trinajstić information content (AvgIpc) is 3.75. The number of nitrogens with one attached hydrogen (secondary N) is 1. The third-order valence-electron chi connectivity index (χ3n) is 5.81. The van der Waals surface area contributed by atoms with Crippen molar-refractivity contribution in [1.82, 2.24) is 19.9 Å². The van der Waals surface area contributed by atoms with Crippen molar-refractivity contribution in [3.8, 4) is 17.6 Å². The number of hydrogen-bond donors (Lipinski definition) is 1. The van der Waals surface area contributed by atoms with E-state index in [1.165, 1.54) is 17.2 Å². The van der Waals surface area contributed by atoms with Gasteiger partial charge in [-0.15, -0.1) is 0 Å². The van der Waals surface area contributed by atoms with Crippen LogP contribution in [0.25, 0.3) is 0 Å². The Balaban J connectivity index is 0.00000336. The lowest BCUT2D eigenvalue weighted by Gasteiger charge is -2.36.